The Morgan fingerprint density at radius 1 is 1.44 bits per heavy atom. The Bertz CT molecular complexity index is 1260. The number of oxime groups is 1. The van der Waals surface area contributed by atoms with E-state index in [0.717, 1.165) is 11.5 Å². The topological polar surface area (TPSA) is 173 Å². The summed E-state index contributed by atoms with van der Waals surface area (Å²) in [6.07, 6.45) is 4.96. The minimum Gasteiger partial charge on any atom is -0.496 e. The number of nitrogens with two attached hydrogens (primary N) is 1. The maximum Gasteiger partial charge on any atom is 0.352 e. The van der Waals surface area contributed by atoms with Crippen LogP contribution in [0.1, 0.15) is 5.82 Å². The zero-order valence-electron chi connectivity index (χ0n) is 19.0. The standard InChI is InChI=1S/C21H21N7O6S2/c1-3-8-34-25-13(16-24-21(22)36-26-16)17(29)23-14-18(30)28-15(20(31)32)11(10-35-19(14)28)9-27-6-4-12(33-2)5-7-27/h3-7,14,19H,1,8-10H2,2H3,(H3-,22,23,24,26,29,31,32)/p+1/t14?,19-/m0/s1. The van der Waals surface area contributed by atoms with Crippen LogP contribution < -0.4 is 20.4 Å². The molecule has 1 fully saturated rings. The van der Waals surface area contributed by atoms with Crippen molar-refractivity contribution in [1.82, 2.24) is 19.6 Å². The Morgan fingerprint density at radius 2 is 2.19 bits per heavy atom. The van der Waals surface area contributed by atoms with Crippen LogP contribution in [-0.2, 0) is 25.8 Å². The summed E-state index contributed by atoms with van der Waals surface area (Å²) >= 11 is 2.23. The molecule has 2 aliphatic heterocycles. The third-order valence-corrected chi connectivity index (χ3v) is 7.11. The lowest BCUT2D eigenvalue weighted by molar-refractivity contribution is -0.689. The first kappa shape index (κ1) is 25.1. The fourth-order valence-corrected chi connectivity index (χ4v) is 5.36. The van der Waals surface area contributed by atoms with Gasteiger partial charge in [0.15, 0.2) is 24.1 Å². The average molecular weight is 533 g/mol. The van der Waals surface area contributed by atoms with Crippen LogP contribution in [-0.4, -0.2) is 73.7 Å². The quantitative estimate of drug-likeness (QED) is 0.0925. The lowest BCUT2D eigenvalue weighted by Crippen LogP contribution is -2.71. The molecule has 2 aliphatic rings. The molecule has 0 saturated carbocycles. The summed E-state index contributed by atoms with van der Waals surface area (Å²) in [6, 6.07) is 2.54. The van der Waals surface area contributed by atoms with Crippen molar-refractivity contribution < 1.29 is 33.6 Å². The summed E-state index contributed by atoms with van der Waals surface area (Å²) in [5, 5.41) is 15.8. The molecule has 0 aliphatic carbocycles. The number of thioether (sulfide) groups is 1. The number of pyridine rings is 1. The molecule has 0 bridgehead atoms. The van der Waals surface area contributed by atoms with Crippen molar-refractivity contribution in [3.8, 4) is 5.75 Å². The van der Waals surface area contributed by atoms with E-state index in [1.807, 2.05) is 0 Å². The third kappa shape index (κ3) is 5.01. The van der Waals surface area contributed by atoms with E-state index >= 15 is 0 Å². The summed E-state index contributed by atoms with van der Waals surface area (Å²) in [4.78, 5) is 48.2. The van der Waals surface area contributed by atoms with Gasteiger partial charge in [0.25, 0.3) is 11.8 Å². The van der Waals surface area contributed by atoms with Gasteiger partial charge in [0, 0.05) is 35.0 Å². The molecule has 15 heteroatoms. The number of nitrogens with zero attached hydrogens (tertiary/aromatic N) is 5. The molecule has 0 aromatic carbocycles. The van der Waals surface area contributed by atoms with E-state index in [-0.39, 0.29) is 35.5 Å². The third-order valence-electron chi connectivity index (χ3n) is 5.22. The van der Waals surface area contributed by atoms with Crippen LogP contribution in [0.2, 0.25) is 0 Å². The van der Waals surface area contributed by atoms with Gasteiger partial charge in [-0.25, -0.2) is 9.36 Å². The van der Waals surface area contributed by atoms with Gasteiger partial charge < -0.3 is 25.7 Å². The van der Waals surface area contributed by atoms with E-state index in [1.165, 1.54) is 22.7 Å². The van der Waals surface area contributed by atoms with E-state index in [0.29, 0.717) is 17.1 Å². The Kier molecular flexibility index (Phi) is 7.49. The van der Waals surface area contributed by atoms with E-state index in [2.05, 4.69) is 26.4 Å². The van der Waals surface area contributed by atoms with Crippen molar-refractivity contribution in [2.24, 2.45) is 5.16 Å². The average Bonchev–Trinajstić information content (AvgIpc) is 3.30. The highest BCUT2D eigenvalue weighted by Crippen LogP contribution is 2.40. The zero-order valence-corrected chi connectivity index (χ0v) is 20.6. The zero-order chi connectivity index (χ0) is 25.8. The largest absolute Gasteiger partial charge is 0.496 e. The number of fused-ring (bicyclic) bond motifs is 1. The Morgan fingerprint density at radius 3 is 2.81 bits per heavy atom. The highest BCUT2D eigenvalue weighted by Gasteiger charge is 2.54. The summed E-state index contributed by atoms with van der Waals surface area (Å²) in [7, 11) is 1.55. The summed E-state index contributed by atoms with van der Waals surface area (Å²) < 4.78 is 10.9. The highest BCUT2D eigenvalue weighted by molar-refractivity contribution is 8.00. The SMILES string of the molecule is C=CCON=C(C(=O)NC1C(=O)N2C(C(=O)O)=C(C[n+]3ccc(OC)cc3)CS[C@@H]12)c1nsc(N)n1. The number of hydrogen-bond donors (Lipinski definition) is 3. The van der Waals surface area contributed by atoms with Gasteiger partial charge in [-0.15, -0.1) is 11.8 Å². The van der Waals surface area contributed by atoms with Crippen LogP contribution >= 0.6 is 23.3 Å². The van der Waals surface area contributed by atoms with Gasteiger partial charge >= 0.3 is 5.97 Å². The van der Waals surface area contributed by atoms with Crippen LogP contribution in [0.5, 0.6) is 5.75 Å². The number of carbonyl (C=O) groups excluding carboxylic acids is 2. The summed E-state index contributed by atoms with van der Waals surface area (Å²) in [5.41, 5.74) is 5.83. The smallest absolute Gasteiger partial charge is 0.352 e. The number of carboxylic acids is 1. The molecule has 0 radical (unpaired) electrons. The molecule has 2 aromatic rings. The van der Waals surface area contributed by atoms with Crippen molar-refractivity contribution in [3.05, 3.63) is 54.3 Å². The van der Waals surface area contributed by atoms with Crippen LogP contribution in [0.3, 0.4) is 0 Å². The molecular weight excluding hydrogens is 510 g/mol. The van der Waals surface area contributed by atoms with E-state index in [9.17, 15) is 19.5 Å². The van der Waals surface area contributed by atoms with Gasteiger partial charge in [0.1, 0.15) is 29.5 Å². The van der Waals surface area contributed by atoms with Gasteiger partial charge in [-0.1, -0.05) is 17.8 Å². The molecular formula is C21H22N7O6S2+. The molecule has 13 nitrogen and oxygen atoms in total. The van der Waals surface area contributed by atoms with Gasteiger partial charge in [-0.3, -0.25) is 14.5 Å². The molecule has 4 heterocycles. The van der Waals surface area contributed by atoms with Gasteiger partial charge in [0.2, 0.25) is 11.5 Å². The van der Waals surface area contributed by atoms with E-state index < -0.39 is 29.2 Å². The fourth-order valence-electron chi connectivity index (χ4n) is 3.59. The van der Waals surface area contributed by atoms with Crippen LogP contribution in [0.25, 0.3) is 0 Å². The van der Waals surface area contributed by atoms with Crippen molar-refractivity contribution in [2.75, 3.05) is 25.2 Å². The second-order valence-electron chi connectivity index (χ2n) is 7.51. The van der Waals surface area contributed by atoms with E-state index in [1.54, 1.807) is 36.2 Å². The summed E-state index contributed by atoms with van der Waals surface area (Å²) in [6.45, 7) is 3.82. The number of aromatic nitrogens is 3. The van der Waals surface area contributed by atoms with Crippen molar-refractivity contribution >= 4 is 51.9 Å². The number of aliphatic carboxylic acids is 1. The van der Waals surface area contributed by atoms with Crippen LogP contribution in [0.4, 0.5) is 5.13 Å². The predicted octanol–water partition coefficient (Wildman–Crippen LogP) is -0.238. The lowest BCUT2D eigenvalue weighted by Gasteiger charge is -2.49. The molecule has 2 aromatic heterocycles. The van der Waals surface area contributed by atoms with Crippen LogP contribution in [0.15, 0.2) is 53.6 Å². The van der Waals surface area contributed by atoms with Crippen molar-refractivity contribution in [2.45, 2.75) is 18.0 Å². The molecule has 1 saturated heterocycles. The minimum atomic E-state index is -1.22. The van der Waals surface area contributed by atoms with Crippen molar-refractivity contribution in [1.29, 1.82) is 0 Å². The number of ether oxygens (including phenoxy) is 1. The van der Waals surface area contributed by atoms with E-state index in [4.69, 9.17) is 15.3 Å². The molecule has 36 heavy (non-hydrogen) atoms. The van der Waals surface area contributed by atoms with Gasteiger partial charge in [-0.05, 0) is 0 Å². The second-order valence-corrected chi connectivity index (χ2v) is 9.40. The number of rotatable bonds is 10. The molecule has 2 atom stereocenters. The number of hydrogen-bond acceptors (Lipinski definition) is 11. The maximum absolute atomic E-state index is 13.0. The first-order valence-corrected chi connectivity index (χ1v) is 12.3. The number of methoxy groups -OCH3 is 1. The summed E-state index contributed by atoms with van der Waals surface area (Å²) in [5.74, 6) is -1.55. The molecule has 2 amide bonds. The Labute approximate surface area is 213 Å². The van der Waals surface area contributed by atoms with Crippen molar-refractivity contribution in [3.63, 3.8) is 0 Å². The fraction of sp³-hybridized carbons (Fsp3) is 0.286. The monoisotopic (exact) mass is 532 g/mol. The maximum atomic E-state index is 13.0. The Hall–Kier alpha value is -3.98. The molecule has 4 rings (SSSR count). The number of nitrogens with one attached hydrogen (secondary N) is 1. The minimum absolute atomic E-state index is 0.0345. The Balaban J connectivity index is 1.52. The normalized spacial score (nSPS) is 19.3. The number of β-lactam (4-membered cyclic amide) rings is 1. The number of amides is 2. The number of carbonyl (C=O) groups is 3. The number of anilines is 1. The first-order valence-electron chi connectivity index (χ1n) is 10.5. The highest BCUT2D eigenvalue weighted by atomic mass is 32.2. The van der Waals surface area contributed by atoms with Gasteiger partial charge in [-0.2, -0.15) is 9.36 Å². The molecule has 1 unspecified atom stereocenters. The van der Waals surface area contributed by atoms with Crippen LogP contribution in [0, 0.1) is 0 Å². The predicted molar refractivity (Wildman–Crippen MR) is 130 cm³/mol. The lowest BCUT2D eigenvalue weighted by atomic mass is 10.0. The molecule has 188 valence electrons. The molecule has 0 spiro atoms. The second kappa shape index (κ2) is 10.7. The first-order chi connectivity index (χ1) is 17.3. The molecule has 4 N–H and O–H groups in total. The number of carboxylic acid groups (broad SMARTS) is 1. The number of nitrogen functional groups attached to an aromatic ring is 1. The van der Waals surface area contributed by atoms with Gasteiger partial charge in [0.05, 0.1) is 7.11 Å².